The van der Waals surface area contributed by atoms with E-state index in [2.05, 4.69) is 0 Å². The lowest BCUT2D eigenvalue weighted by molar-refractivity contribution is -0.132. The fourth-order valence-corrected chi connectivity index (χ4v) is 4.92. The topological polar surface area (TPSA) is 78.0 Å². The normalized spacial score (nSPS) is 15.8. The molecular formula is C20H31N3O4S. The molecule has 156 valence electrons. The minimum atomic E-state index is -3.47. The molecule has 1 amide bonds. The van der Waals surface area contributed by atoms with E-state index in [-0.39, 0.29) is 37.6 Å². The zero-order chi connectivity index (χ0) is 20.9. The summed E-state index contributed by atoms with van der Waals surface area (Å²) in [7, 11) is -3.47. The highest BCUT2D eigenvalue weighted by atomic mass is 32.2. The molecule has 0 aromatic heterocycles. The predicted octanol–water partition coefficient (Wildman–Crippen LogP) is 2.00. The molecule has 7 nitrogen and oxygen atoms in total. The lowest BCUT2D eigenvalue weighted by Gasteiger charge is -2.36. The van der Waals surface area contributed by atoms with Crippen LogP contribution in [0.1, 0.15) is 48.2 Å². The van der Waals surface area contributed by atoms with Crippen molar-refractivity contribution < 1.29 is 18.0 Å². The number of piperazine rings is 1. The fraction of sp³-hybridized carbons (Fsp3) is 0.600. The summed E-state index contributed by atoms with van der Waals surface area (Å²) in [5, 5.41) is 0. The summed E-state index contributed by atoms with van der Waals surface area (Å²) < 4.78 is 28.0. The van der Waals surface area contributed by atoms with Gasteiger partial charge in [0.05, 0.1) is 0 Å². The quantitative estimate of drug-likeness (QED) is 0.615. The number of carbonyl (C=O) groups excluding carboxylic acids is 2. The molecule has 0 aliphatic carbocycles. The Morgan fingerprint density at radius 3 is 2.11 bits per heavy atom. The van der Waals surface area contributed by atoms with Gasteiger partial charge in [0.2, 0.25) is 5.91 Å². The van der Waals surface area contributed by atoms with Crippen LogP contribution in [-0.2, 0) is 15.0 Å². The van der Waals surface area contributed by atoms with E-state index in [1.807, 2.05) is 39.8 Å². The summed E-state index contributed by atoms with van der Waals surface area (Å²) in [6, 6.07) is 5.57. The van der Waals surface area contributed by atoms with Crippen LogP contribution in [0.5, 0.6) is 0 Å². The van der Waals surface area contributed by atoms with Crippen LogP contribution in [-0.4, -0.2) is 72.9 Å². The Morgan fingerprint density at radius 1 is 0.964 bits per heavy atom. The summed E-state index contributed by atoms with van der Waals surface area (Å²) in [6.45, 7) is 9.73. The fourth-order valence-electron chi connectivity index (χ4n) is 3.32. The largest absolute Gasteiger partial charge is 0.340 e. The predicted molar refractivity (Wildman–Crippen MR) is 109 cm³/mol. The van der Waals surface area contributed by atoms with Gasteiger partial charge >= 0.3 is 0 Å². The number of hydrogen-bond acceptors (Lipinski definition) is 4. The van der Waals surface area contributed by atoms with Gasteiger partial charge in [0.25, 0.3) is 10.2 Å². The van der Waals surface area contributed by atoms with Gasteiger partial charge < -0.3 is 4.90 Å². The first-order chi connectivity index (χ1) is 13.2. The molecule has 2 rings (SSSR count). The van der Waals surface area contributed by atoms with E-state index in [9.17, 15) is 18.0 Å². The first-order valence-corrected chi connectivity index (χ1v) is 11.2. The Balaban J connectivity index is 1.86. The third-order valence-corrected chi connectivity index (χ3v) is 7.53. The molecule has 0 spiro atoms. The number of amides is 1. The van der Waals surface area contributed by atoms with E-state index in [0.717, 1.165) is 11.1 Å². The van der Waals surface area contributed by atoms with Crippen molar-refractivity contribution in [2.45, 2.75) is 40.5 Å². The average molecular weight is 410 g/mol. The van der Waals surface area contributed by atoms with Crippen molar-refractivity contribution in [3.8, 4) is 0 Å². The molecule has 1 aliphatic heterocycles. The Kier molecular flexibility index (Phi) is 7.74. The Labute approximate surface area is 168 Å². The van der Waals surface area contributed by atoms with Gasteiger partial charge in [-0.1, -0.05) is 26.0 Å². The molecular weight excluding hydrogens is 378 g/mol. The minimum Gasteiger partial charge on any atom is -0.340 e. The zero-order valence-electron chi connectivity index (χ0n) is 17.3. The number of Topliss-reactive ketones (excluding diaryl/α,β-unsaturated/α-hetero) is 1. The number of hydrogen-bond donors (Lipinski definition) is 0. The molecule has 0 bridgehead atoms. The minimum absolute atomic E-state index is 0.0424. The molecule has 1 aliphatic rings. The van der Waals surface area contributed by atoms with E-state index in [1.165, 1.54) is 8.61 Å². The van der Waals surface area contributed by atoms with Crippen LogP contribution < -0.4 is 0 Å². The molecule has 1 heterocycles. The number of ketones is 1. The van der Waals surface area contributed by atoms with Crippen LogP contribution in [0.15, 0.2) is 18.2 Å². The number of aryl methyl sites for hydroxylation is 2. The van der Waals surface area contributed by atoms with Crippen LogP contribution in [0.3, 0.4) is 0 Å². The maximum absolute atomic E-state index is 12.6. The van der Waals surface area contributed by atoms with Crippen LogP contribution in [0, 0.1) is 13.8 Å². The SMILES string of the molecule is CCN(CC)S(=O)(=O)N1CCN(C(=O)CCC(=O)c2ccc(C)c(C)c2)CC1. The average Bonchev–Trinajstić information content (AvgIpc) is 2.68. The van der Waals surface area contributed by atoms with Crippen molar-refractivity contribution in [3.63, 3.8) is 0 Å². The first-order valence-electron chi connectivity index (χ1n) is 9.84. The van der Waals surface area contributed by atoms with Gasteiger partial charge in [-0.15, -0.1) is 0 Å². The molecule has 1 fully saturated rings. The molecule has 0 saturated carbocycles. The van der Waals surface area contributed by atoms with E-state index >= 15 is 0 Å². The van der Waals surface area contributed by atoms with E-state index < -0.39 is 10.2 Å². The lowest BCUT2D eigenvalue weighted by Crippen LogP contribution is -2.54. The van der Waals surface area contributed by atoms with Crippen molar-refractivity contribution in [2.75, 3.05) is 39.3 Å². The third kappa shape index (κ3) is 5.18. The highest BCUT2D eigenvalue weighted by Gasteiger charge is 2.32. The number of nitrogens with zero attached hydrogens (tertiary/aromatic N) is 3. The van der Waals surface area contributed by atoms with Crippen LogP contribution >= 0.6 is 0 Å². The first kappa shape index (κ1) is 22.5. The van der Waals surface area contributed by atoms with Crippen molar-refractivity contribution in [1.82, 2.24) is 13.5 Å². The van der Waals surface area contributed by atoms with Gasteiger partial charge in [-0.25, -0.2) is 0 Å². The summed E-state index contributed by atoms with van der Waals surface area (Å²) in [4.78, 5) is 26.5. The van der Waals surface area contributed by atoms with Gasteiger partial charge in [-0.2, -0.15) is 17.0 Å². The number of rotatable bonds is 8. The zero-order valence-corrected chi connectivity index (χ0v) is 18.1. The van der Waals surface area contributed by atoms with Gasteiger partial charge in [0.15, 0.2) is 5.78 Å². The highest BCUT2D eigenvalue weighted by molar-refractivity contribution is 7.86. The maximum atomic E-state index is 12.6. The second-order valence-corrected chi connectivity index (χ2v) is 9.02. The van der Waals surface area contributed by atoms with Crippen molar-refractivity contribution in [3.05, 3.63) is 34.9 Å². The highest BCUT2D eigenvalue weighted by Crippen LogP contribution is 2.15. The number of carbonyl (C=O) groups is 2. The van der Waals surface area contributed by atoms with Crippen LogP contribution in [0.4, 0.5) is 0 Å². The summed E-state index contributed by atoms with van der Waals surface area (Å²) >= 11 is 0. The maximum Gasteiger partial charge on any atom is 0.282 e. The van der Waals surface area contributed by atoms with Crippen LogP contribution in [0.25, 0.3) is 0 Å². The monoisotopic (exact) mass is 409 g/mol. The molecule has 0 unspecified atom stereocenters. The van der Waals surface area contributed by atoms with Gasteiger partial charge in [0.1, 0.15) is 0 Å². The Bertz CT molecular complexity index is 811. The van der Waals surface area contributed by atoms with Gasteiger partial charge in [-0.3, -0.25) is 9.59 Å². The molecule has 1 saturated heterocycles. The van der Waals surface area contributed by atoms with Gasteiger partial charge in [0, 0.05) is 57.7 Å². The second-order valence-electron chi connectivity index (χ2n) is 7.09. The summed E-state index contributed by atoms with van der Waals surface area (Å²) in [6.07, 6.45) is 0.313. The Hall–Kier alpha value is -1.77. The standard InChI is InChI=1S/C20H31N3O4S/c1-5-22(6-2)28(26,27)23-13-11-21(12-14-23)20(25)10-9-19(24)18-8-7-16(3)17(4)15-18/h7-8,15H,5-6,9-14H2,1-4H3. The van der Waals surface area contributed by atoms with E-state index in [4.69, 9.17) is 0 Å². The molecule has 1 aromatic rings. The smallest absolute Gasteiger partial charge is 0.282 e. The molecule has 0 N–H and O–H groups in total. The van der Waals surface area contributed by atoms with Gasteiger partial charge in [-0.05, 0) is 31.0 Å². The van der Waals surface area contributed by atoms with Crippen molar-refractivity contribution >= 4 is 21.9 Å². The lowest BCUT2D eigenvalue weighted by atomic mass is 10.0. The number of benzene rings is 1. The second kappa shape index (κ2) is 9.62. The molecule has 28 heavy (non-hydrogen) atoms. The van der Waals surface area contributed by atoms with E-state index in [0.29, 0.717) is 31.7 Å². The Morgan fingerprint density at radius 2 is 1.57 bits per heavy atom. The summed E-state index contributed by atoms with van der Waals surface area (Å²) in [5.41, 5.74) is 2.82. The summed E-state index contributed by atoms with van der Waals surface area (Å²) in [5.74, 6) is -0.142. The molecule has 0 atom stereocenters. The molecule has 0 radical (unpaired) electrons. The van der Waals surface area contributed by atoms with Crippen molar-refractivity contribution in [1.29, 1.82) is 0 Å². The van der Waals surface area contributed by atoms with E-state index in [1.54, 1.807) is 11.0 Å². The third-order valence-electron chi connectivity index (χ3n) is 5.34. The molecule has 8 heteroatoms. The van der Waals surface area contributed by atoms with Crippen molar-refractivity contribution in [2.24, 2.45) is 0 Å². The van der Waals surface area contributed by atoms with Crippen LogP contribution in [0.2, 0.25) is 0 Å². The molecule has 1 aromatic carbocycles.